The minimum Gasteiger partial charge on any atom is -0.313 e. The summed E-state index contributed by atoms with van der Waals surface area (Å²) in [6, 6.07) is 0. The average Bonchev–Trinajstić information content (AvgIpc) is 2.53. The van der Waals surface area contributed by atoms with Gasteiger partial charge >= 0.3 is 0 Å². The van der Waals surface area contributed by atoms with Gasteiger partial charge in [-0.3, -0.25) is 0 Å². The maximum Gasteiger partial charge on any atom is 0.117 e. The Morgan fingerprint density at radius 3 is 2.33 bits per heavy atom. The van der Waals surface area contributed by atoms with E-state index in [-0.39, 0.29) is 0 Å². The Hall–Kier alpha value is -0.110. The average molecular weight is 171 g/mol. The number of hydrogen-bond donors (Lipinski definition) is 1. The van der Waals surface area contributed by atoms with E-state index in [9.17, 15) is 4.39 Å². The third kappa shape index (κ3) is 1.63. The fraction of sp³-hybridized carbons (Fsp3) is 1.00. The van der Waals surface area contributed by atoms with Crippen LogP contribution in [0.1, 0.15) is 32.1 Å². The highest BCUT2D eigenvalue weighted by Crippen LogP contribution is 2.33. The summed E-state index contributed by atoms with van der Waals surface area (Å²) in [6.07, 6.45) is 6.00. The smallest absolute Gasteiger partial charge is 0.117 e. The SMILES string of the molecule is F[C@@H]1CNC[C@H]1C1CCCCC1. The lowest BCUT2D eigenvalue weighted by atomic mass is 9.79. The Labute approximate surface area is 73.7 Å². The van der Waals surface area contributed by atoms with E-state index in [1.165, 1.54) is 32.1 Å². The second-order valence-electron chi connectivity index (χ2n) is 4.24. The van der Waals surface area contributed by atoms with E-state index in [1.807, 2.05) is 0 Å². The van der Waals surface area contributed by atoms with Crippen molar-refractivity contribution in [1.82, 2.24) is 5.32 Å². The van der Waals surface area contributed by atoms with Crippen molar-refractivity contribution in [3.63, 3.8) is 0 Å². The van der Waals surface area contributed by atoms with Crippen LogP contribution in [0.4, 0.5) is 4.39 Å². The van der Waals surface area contributed by atoms with Crippen molar-refractivity contribution in [1.29, 1.82) is 0 Å². The highest BCUT2D eigenvalue weighted by molar-refractivity contribution is 4.87. The number of hydrogen-bond acceptors (Lipinski definition) is 1. The Kier molecular flexibility index (Phi) is 2.64. The normalized spacial score (nSPS) is 38.8. The van der Waals surface area contributed by atoms with Gasteiger partial charge in [0.25, 0.3) is 0 Å². The Morgan fingerprint density at radius 1 is 1.00 bits per heavy atom. The molecule has 0 amide bonds. The molecule has 1 heterocycles. The minimum atomic E-state index is -0.562. The van der Waals surface area contributed by atoms with Gasteiger partial charge < -0.3 is 5.32 Å². The molecule has 2 heteroatoms. The summed E-state index contributed by atoms with van der Waals surface area (Å²) in [5.74, 6) is 1.02. The second kappa shape index (κ2) is 3.73. The van der Waals surface area contributed by atoms with E-state index < -0.39 is 6.17 Å². The van der Waals surface area contributed by atoms with Crippen molar-refractivity contribution in [2.24, 2.45) is 11.8 Å². The molecule has 2 rings (SSSR count). The lowest BCUT2D eigenvalue weighted by Gasteiger charge is -2.27. The summed E-state index contributed by atoms with van der Waals surface area (Å²) in [4.78, 5) is 0. The summed E-state index contributed by atoms with van der Waals surface area (Å²) in [6.45, 7) is 1.52. The molecule has 0 spiro atoms. The third-order valence-corrected chi connectivity index (χ3v) is 3.44. The van der Waals surface area contributed by atoms with Crippen molar-refractivity contribution < 1.29 is 4.39 Å². The van der Waals surface area contributed by atoms with Gasteiger partial charge in [-0.1, -0.05) is 32.1 Å². The molecule has 2 aliphatic rings. The molecule has 0 aromatic carbocycles. The zero-order chi connectivity index (χ0) is 8.39. The van der Waals surface area contributed by atoms with Crippen molar-refractivity contribution in [2.45, 2.75) is 38.3 Å². The molecule has 1 N–H and O–H groups in total. The predicted molar refractivity (Wildman–Crippen MR) is 47.8 cm³/mol. The Balaban J connectivity index is 1.89. The molecular weight excluding hydrogens is 153 g/mol. The molecule has 1 aliphatic heterocycles. The number of rotatable bonds is 1. The summed E-state index contributed by atoms with van der Waals surface area (Å²) < 4.78 is 13.3. The van der Waals surface area contributed by atoms with Crippen LogP contribution in [0.2, 0.25) is 0 Å². The summed E-state index contributed by atoms with van der Waals surface area (Å²) in [5, 5.41) is 3.14. The molecule has 1 aliphatic carbocycles. The molecule has 0 aromatic rings. The first kappa shape index (κ1) is 8.49. The molecule has 0 radical (unpaired) electrons. The first-order chi connectivity index (χ1) is 5.88. The highest BCUT2D eigenvalue weighted by Gasteiger charge is 2.33. The van der Waals surface area contributed by atoms with E-state index in [0.717, 1.165) is 6.54 Å². The van der Waals surface area contributed by atoms with Crippen LogP contribution in [-0.2, 0) is 0 Å². The fourth-order valence-corrected chi connectivity index (χ4v) is 2.69. The van der Waals surface area contributed by atoms with E-state index >= 15 is 0 Å². The number of halogens is 1. The van der Waals surface area contributed by atoms with Crippen LogP contribution < -0.4 is 5.32 Å². The van der Waals surface area contributed by atoms with Gasteiger partial charge in [-0.25, -0.2) is 4.39 Å². The third-order valence-electron chi connectivity index (χ3n) is 3.44. The van der Waals surface area contributed by atoms with Crippen molar-refractivity contribution in [3.8, 4) is 0 Å². The summed E-state index contributed by atoms with van der Waals surface area (Å²) in [5.41, 5.74) is 0. The zero-order valence-corrected chi connectivity index (χ0v) is 7.56. The second-order valence-corrected chi connectivity index (χ2v) is 4.24. The molecule has 0 aromatic heterocycles. The molecule has 1 saturated carbocycles. The molecular formula is C10H18FN. The van der Waals surface area contributed by atoms with Crippen LogP contribution in [0.3, 0.4) is 0 Å². The van der Waals surface area contributed by atoms with E-state index in [0.29, 0.717) is 18.4 Å². The van der Waals surface area contributed by atoms with Gasteiger partial charge in [-0.2, -0.15) is 0 Å². The maximum atomic E-state index is 13.3. The van der Waals surface area contributed by atoms with Gasteiger partial charge in [0.1, 0.15) is 6.17 Å². The van der Waals surface area contributed by atoms with Gasteiger partial charge in [-0.05, 0) is 5.92 Å². The van der Waals surface area contributed by atoms with Crippen LogP contribution in [-0.4, -0.2) is 19.3 Å². The topological polar surface area (TPSA) is 12.0 Å². The molecule has 70 valence electrons. The van der Waals surface area contributed by atoms with Gasteiger partial charge in [-0.15, -0.1) is 0 Å². The van der Waals surface area contributed by atoms with Gasteiger partial charge in [0, 0.05) is 19.0 Å². The summed E-state index contributed by atoms with van der Waals surface area (Å²) in [7, 11) is 0. The monoisotopic (exact) mass is 171 g/mol. The lowest BCUT2D eigenvalue weighted by Crippen LogP contribution is -2.25. The van der Waals surface area contributed by atoms with Gasteiger partial charge in [0.05, 0.1) is 0 Å². The summed E-state index contributed by atoms with van der Waals surface area (Å²) >= 11 is 0. The van der Waals surface area contributed by atoms with Crippen molar-refractivity contribution in [2.75, 3.05) is 13.1 Å². The van der Waals surface area contributed by atoms with E-state index in [4.69, 9.17) is 0 Å². The predicted octanol–water partition coefficient (Wildman–Crippen LogP) is 2.12. The quantitative estimate of drug-likeness (QED) is 0.637. The first-order valence-electron chi connectivity index (χ1n) is 5.22. The molecule has 0 bridgehead atoms. The minimum absolute atomic E-state index is 0.338. The molecule has 1 saturated heterocycles. The van der Waals surface area contributed by atoms with E-state index in [1.54, 1.807) is 0 Å². The largest absolute Gasteiger partial charge is 0.313 e. The maximum absolute atomic E-state index is 13.3. The van der Waals surface area contributed by atoms with E-state index in [2.05, 4.69) is 5.32 Å². The molecule has 2 atom stereocenters. The van der Waals surface area contributed by atoms with Crippen LogP contribution in [0.25, 0.3) is 0 Å². The first-order valence-corrected chi connectivity index (χ1v) is 5.22. The van der Waals surface area contributed by atoms with Gasteiger partial charge in [0.2, 0.25) is 0 Å². The van der Waals surface area contributed by atoms with Crippen molar-refractivity contribution in [3.05, 3.63) is 0 Å². The van der Waals surface area contributed by atoms with Crippen molar-refractivity contribution >= 4 is 0 Å². The molecule has 1 nitrogen and oxygen atoms in total. The van der Waals surface area contributed by atoms with Crippen LogP contribution in [0, 0.1) is 11.8 Å². The standard InChI is InChI=1S/C10H18FN/c11-10-7-12-6-9(10)8-4-2-1-3-5-8/h8-10,12H,1-7H2/t9-,10+/m0/s1. The zero-order valence-electron chi connectivity index (χ0n) is 7.56. The number of nitrogens with one attached hydrogen (secondary N) is 1. The van der Waals surface area contributed by atoms with Crippen LogP contribution in [0.15, 0.2) is 0 Å². The molecule has 12 heavy (non-hydrogen) atoms. The molecule has 0 unspecified atom stereocenters. The van der Waals surface area contributed by atoms with Crippen LogP contribution in [0.5, 0.6) is 0 Å². The van der Waals surface area contributed by atoms with Gasteiger partial charge in [0.15, 0.2) is 0 Å². The van der Waals surface area contributed by atoms with Crippen LogP contribution >= 0.6 is 0 Å². The lowest BCUT2D eigenvalue weighted by molar-refractivity contribution is 0.176. The Bertz CT molecular complexity index is 143. The highest BCUT2D eigenvalue weighted by atomic mass is 19.1. The number of alkyl halides is 1. The Morgan fingerprint density at radius 2 is 1.75 bits per heavy atom. The molecule has 2 fully saturated rings. The fourth-order valence-electron chi connectivity index (χ4n) is 2.69.